The second-order valence-corrected chi connectivity index (χ2v) is 7.63. The van der Waals surface area contributed by atoms with E-state index in [0.717, 1.165) is 11.1 Å². The van der Waals surface area contributed by atoms with E-state index in [2.05, 4.69) is 0 Å². The first kappa shape index (κ1) is 26.9. The summed E-state index contributed by atoms with van der Waals surface area (Å²) in [5.41, 5.74) is 2.03. The Morgan fingerprint density at radius 1 is 0.568 bits per heavy atom. The van der Waals surface area contributed by atoms with Crippen LogP contribution >= 0.6 is 0 Å². The molecule has 0 aliphatic heterocycles. The third kappa shape index (κ3) is 7.90. The lowest BCUT2D eigenvalue weighted by Crippen LogP contribution is -2.09. The molecule has 0 spiro atoms. The molecule has 0 aromatic heterocycles. The topological polar surface area (TPSA) is 78.9 Å². The monoisotopic (exact) mass is 496 g/mol. The van der Waals surface area contributed by atoms with Crippen molar-refractivity contribution in [2.45, 2.75) is 13.8 Å². The lowest BCUT2D eigenvalue weighted by atomic mass is 10.0. The summed E-state index contributed by atoms with van der Waals surface area (Å²) < 4.78 is 15.7. The number of esters is 2. The Kier molecular flexibility index (Phi) is 10.2. The number of para-hydroxylation sites is 1. The van der Waals surface area contributed by atoms with Gasteiger partial charge in [0, 0.05) is 11.1 Å². The van der Waals surface area contributed by atoms with E-state index in [1.54, 1.807) is 26.0 Å². The molecule has 0 amide bonds. The van der Waals surface area contributed by atoms with Crippen LogP contribution in [0.3, 0.4) is 0 Å². The van der Waals surface area contributed by atoms with Crippen molar-refractivity contribution < 1.29 is 28.6 Å². The molecule has 0 radical (unpaired) electrons. The second kappa shape index (κ2) is 14.0. The molecule has 4 aromatic rings. The number of hydrogen-bond acceptors (Lipinski definition) is 6. The minimum absolute atomic E-state index is 0.0752. The van der Waals surface area contributed by atoms with E-state index in [1.807, 2.05) is 78.9 Å². The van der Waals surface area contributed by atoms with E-state index in [-0.39, 0.29) is 30.3 Å². The van der Waals surface area contributed by atoms with Crippen LogP contribution in [0.25, 0.3) is 0 Å². The molecular formula is C31H28O6. The molecule has 4 aromatic carbocycles. The summed E-state index contributed by atoms with van der Waals surface area (Å²) in [6.45, 7) is 3.98. The number of benzene rings is 4. The van der Waals surface area contributed by atoms with Crippen molar-refractivity contribution >= 4 is 17.7 Å². The molecule has 0 saturated heterocycles. The molecule has 0 unspecified atom stereocenters. The molecule has 0 fully saturated rings. The summed E-state index contributed by atoms with van der Waals surface area (Å²) in [4.78, 5) is 35.8. The lowest BCUT2D eigenvalue weighted by molar-refractivity contribution is 0.0509. The molecule has 6 nitrogen and oxygen atoms in total. The second-order valence-electron chi connectivity index (χ2n) is 7.63. The Bertz CT molecular complexity index is 1260. The van der Waals surface area contributed by atoms with Crippen molar-refractivity contribution in [3.8, 4) is 11.5 Å². The zero-order valence-electron chi connectivity index (χ0n) is 20.8. The Balaban J connectivity index is 0.000000231. The van der Waals surface area contributed by atoms with Crippen molar-refractivity contribution in [2.24, 2.45) is 0 Å². The SMILES string of the molecule is CCOC(=O)c1ccc(C(=O)OCC)c(Oc2ccccc2)c1.O=C(c1ccccc1)c1ccccc1. The van der Waals surface area contributed by atoms with Gasteiger partial charge >= 0.3 is 11.9 Å². The molecule has 188 valence electrons. The van der Waals surface area contributed by atoms with Gasteiger partial charge in [-0.05, 0) is 44.2 Å². The van der Waals surface area contributed by atoms with E-state index in [4.69, 9.17) is 14.2 Å². The van der Waals surface area contributed by atoms with Gasteiger partial charge in [-0.1, -0.05) is 78.9 Å². The predicted molar refractivity (Wildman–Crippen MR) is 141 cm³/mol. The first-order valence-corrected chi connectivity index (χ1v) is 11.9. The summed E-state index contributed by atoms with van der Waals surface area (Å²) in [6.07, 6.45) is 0. The standard InChI is InChI=1S/C18H18O5.C13H10O/c1-3-21-17(19)13-10-11-15(18(20)22-4-2)16(12-13)23-14-8-6-5-7-9-14;14-13(11-7-3-1-4-8-11)12-9-5-2-6-10-12/h5-12H,3-4H2,1-2H3;1-10H. The third-order valence-corrected chi connectivity index (χ3v) is 5.03. The third-order valence-electron chi connectivity index (χ3n) is 5.03. The van der Waals surface area contributed by atoms with Crippen LogP contribution in [0.5, 0.6) is 11.5 Å². The number of rotatable bonds is 8. The summed E-state index contributed by atoms with van der Waals surface area (Å²) in [6, 6.07) is 32.1. The molecular weight excluding hydrogens is 468 g/mol. The van der Waals surface area contributed by atoms with Gasteiger partial charge < -0.3 is 14.2 Å². The van der Waals surface area contributed by atoms with Gasteiger partial charge in [0.2, 0.25) is 0 Å². The van der Waals surface area contributed by atoms with Gasteiger partial charge in [0.25, 0.3) is 0 Å². The molecule has 0 aliphatic rings. The fourth-order valence-electron chi connectivity index (χ4n) is 3.29. The summed E-state index contributed by atoms with van der Waals surface area (Å²) in [5.74, 6) is -0.0971. The van der Waals surface area contributed by atoms with Gasteiger partial charge in [0.05, 0.1) is 18.8 Å². The number of ketones is 1. The molecule has 0 bridgehead atoms. The van der Waals surface area contributed by atoms with Crippen molar-refractivity contribution in [3.63, 3.8) is 0 Å². The minimum Gasteiger partial charge on any atom is -0.462 e. The van der Waals surface area contributed by atoms with Gasteiger partial charge in [0.1, 0.15) is 17.1 Å². The fraction of sp³-hybridized carbons (Fsp3) is 0.129. The number of hydrogen-bond donors (Lipinski definition) is 0. The van der Waals surface area contributed by atoms with E-state index in [0.29, 0.717) is 11.3 Å². The highest BCUT2D eigenvalue weighted by Gasteiger charge is 2.18. The normalized spacial score (nSPS) is 9.89. The molecule has 0 N–H and O–H groups in total. The minimum atomic E-state index is -0.506. The van der Waals surface area contributed by atoms with E-state index >= 15 is 0 Å². The van der Waals surface area contributed by atoms with Crippen molar-refractivity contribution in [3.05, 3.63) is 131 Å². The Morgan fingerprint density at radius 3 is 1.57 bits per heavy atom. The number of ether oxygens (including phenoxy) is 3. The van der Waals surface area contributed by atoms with Gasteiger partial charge in [-0.15, -0.1) is 0 Å². The van der Waals surface area contributed by atoms with Gasteiger partial charge in [-0.3, -0.25) is 4.79 Å². The average molecular weight is 497 g/mol. The van der Waals surface area contributed by atoms with Crippen molar-refractivity contribution in [1.82, 2.24) is 0 Å². The van der Waals surface area contributed by atoms with E-state index in [1.165, 1.54) is 18.2 Å². The maximum Gasteiger partial charge on any atom is 0.341 e. The molecule has 0 atom stereocenters. The van der Waals surface area contributed by atoms with Crippen LogP contribution < -0.4 is 4.74 Å². The first-order valence-electron chi connectivity index (χ1n) is 11.9. The van der Waals surface area contributed by atoms with Gasteiger partial charge in [0.15, 0.2) is 5.78 Å². The molecule has 6 heteroatoms. The highest BCUT2D eigenvalue weighted by atomic mass is 16.5. The highest BCUT2D eigenvalue weighted by Crippen LogP contribution is 2.27. The van der Waals surface area contributed by atoms with Crippen LogP contribution in [0.1, 0.15) is 50.5 Å². The highest BCUT2D eigenvalue weighted by molar-refractivity contribution is 6.08. The van der Waals surface area contributed by atoms with Gasteiger partial charge in [-0.25, -0.2) is 9.59 Å². The smallest absolute Gasteiger partial charge is 0.341 e. The Morgan fingerprint density at radius 2 is 1.05 bits per heavy atom. The fourth-order valence-corrected chi connectivity index (χ4v) is 3.29. The average Bonchev–Trinajstić information content (AvgIpc) is 2.95. The Hall–Kier alpha value is -4.71. The first-order chi connectivity index (χ1) is 18.0. The summed E-state index contributed by atoms with van der Waals surface area (Å²) in [5, 5.41) is 0. The zero-order valence-corrected chi connectivity index (χ0v) is 20.8. The van der Waals surface area contributed by atoms with Crippen LogP contribution in [-0.2, 0) is 9.47 Å². The predicted octanol–water partition coefficient (Wildman–Crippen LogP) is 6.75. The zero-order chi connectivity index (χ0) is 26.5. The van der Waals surface area contributed by atoms with E-state index < -0.39 is 11.9 Å². The van der Waals surface area contributed by atoms with Crippen molar-refractivity contribution in [1.29, 1.82) is 0 Å². The lowest BCUT2D eigenvalue weighted by Gasteiger charge is -2.12. The van der Waals surface area contributed by atoms with Gasteiger partial charge in [-0.2, -0.15) is 0 Å². The van der Waals surface area contributed by atoms with Crippen LogP contribution in [0.2, 0.25) is 0 Å². The molecule has 37 heavy (non-hydrogen) atoms. The number of carbonyl (C=O) groups is 3. The van der Waals surface area contributed by atoms with Crippen molar-refractivity contribution in [2.75, 3.05) is 13.2 Å². The molecule has 4 rings (SSSR count). The van der Waals surface area contributed by atoms with Crippen LogP contribution in [0.15, 0.2) is 109 Å². The Labute approximate surface area is 216 Å². The van der Waals surface area contributed by atoms with Crippen LogP contribution in [0, 0.1) is 0 Å². The molecule has 0 aliphatic carbocycles. The maximum absolute atomic E-state index is 12.0. The summed E-state index contributed by atoms with van der Waals surface area (Å²) >= 11 is 0. The molecule has 0 heterocycles. The largest absolute Gasteiger partial charge is 0.462 e. The number of carbonyl (C=O) groups excluding carboxylic acids is 3. The van der Waals surface area contributed by atoms with Crippen LogP contribution in [0.4, 0.5) is 0 Å². The van der Waals surface area contributed by atoms with E-state index in [9.17, 15) is 14.4 Å². The van der Waals surface area contributed by atoms with Crippen LogP contribution in [-0.4, -0.2) is 30.9 Å². The molecule has 0 saturated carbocycles. The maximum atomic E-state index is 12.0. The summed E-state index contributed by atoms with van der Waals surface area (Å²) in [7, 11) is 0. The quantitative estimate of drug-likeness (QED) is 0.198.